The molecule has 1 saturated heterocycles. The second kappa shape index (κ2) is 7.75. The number of benzene rings is 2. The third-order valence-corrected chi connectivity index (χ3v) is 7.17. The van der Waals surface area contributed by atoms with E-state index in [-0.39, 0.29) is 11.6 Å². The highest BCUT2D eigenvalue weighted by atomic mass is 16.5. The number of methoxy groups -OCH3 is 1. The first-order valence-corrected chi connectivity index (χ1v) is 11.5. The van der Waals surface area contributed by atoms with Crippen LogP contribution in [0.25, 0.3) is 21.7 Å². The molecule has 0 unspecified atom stereocenters. The predicted molar refractivity (Wildman–Crippen MR) is 129 cm³/mol. The Kier molecular flexibility index (Phi) is 4.72. The van der Waals surface area contributed by atoms with Crippen molar-refractivity contribution < 1.29 is 4.74 Å². The lowest BCUT2D eigenvalue weighted by atomic mass is 10.0. The Labute approximate surface area is 187 Å². The van der Waals surface area contributed by atoms with Crippen LogP contribution < -0.4 is 10.5 Å². The van der Waals surface area contributed by atoms with Crippen LogP contribution in [0.2, 0.25) is 0 Å². The van der Waals surface area contributed by atoms with Gasteiger partial charge < -0.3 is 14.2 Å². The Balaban J connectivity index is 1.34. The van der Waals surface area contributed by atoms with Crippen molar-refractivity contribution in [3.05, 3.63) is 82.9 Å². The topological polar surface area (TPSA) is 47.4 Å². The zero-order valence-electron chi connectivity index (χ0n) is 18.3. The molecule has 0 radical (unpaired) electrons. The normalized spacial score (nSPS) is 21.3. The number of hydrogen-bond acceptors (Lipinski definition) is 4. The van der Waals surface area contributed by atoms with Gasteiger partial charge in [0.15, 0.2) is 0 Å². The van der Waals surface area contributed by atoms with E-state index >= 15 is 0 Å². The minimum absolute atomic E-state index is 0.111. The third-order valence-electron chi connectivity index (χ3n) is 7.17. The molecule has 5 heteroatoms. The first-order chi connectivity index (χ1) is 15.7. The van der Waals surface area contributed by atoms with Gasteiger partial charge in [-0.25, -0.2) is 0 Å². The average Bonchev–Trinajstić information content (AvgIpc) is 3.64. The van der Waals surface area contributed by atoms with E-state index in [1.165, 1.54) is 0 Å². The first kappa shape index (κ1) is 19.5. The molecule has 2 aliphatic rings. The van der Waals surface area contributed by atoms with E-state index in [4.69, 9.17) is 9.72 Å². The summed E-state index contributed by atoms with van der Waals surface area (Å²) in [6.07, 6.45) is 5.23. The van der Waals surface area contributed by atoms with Gasteiger partial charge in [-0.3, -0.25) is 9.78 Å². The minimum atomic E-state index is 0.111. The number of piperidine rings is 1. The molecular formula is C27H27N3O2. The molecule has 2 atom stereocenters. The second-order valence-corrected chi connectivity index (χ2v) is 9.03. The summed E-state index contributed by atoms with van der Waals surface area (Å²) >= 11 is 0. The fourth-order valence-electron chi connectivity index (χ4n) is 5.24. The Hall–Kier alpha value is -3.18. The fourth-order valence-corrected chi connectivity index (χ4v) is 5.24. The molecule has 0 bridgehead atoms. The summed E-state index contributed by atoms with van der Waals surface area (Å²) in [7, 11) is 1.79. The van der Waals surface area contributed by atoms with Crippen LogP contribution in [0.15, 0.2) is 71.7 Å². The van der Waals surface area contributed by atoms with Crippen molar-refractivity contribution in [2.24, 2.45) is 0 Å². The maximum atomic E-state index is 13.7. The first-order valence-electron chi connectivity index (χ1n) is 11.5. The van der Waals surface area contributed by atoms with Gasteiger partial charge in [0.2, 0.25) is 0 Å². The highest BCUT2D eigenvalue weighted by Gasteiger charge is 2.41. The van der Waals surface area contributed by atoms with Crippen molar-refractivity contribution in [3.8, 4) is 0 Å². The number of para-hydroxylation sites is 1. The lowest BCUT2D eigenvalue weighted by molar-refractivity contribution is 0.0819. The summed E-state index contributed by atoms with van der Waals surface area (Å²) < 4.78 is 7.47. The predicted octanol–water partition coefficient (Wildman–Crippen LogP) is 4.89. The molecule has 162 valence electrons. The van der Waals surface area contributed by atoms with Crippen LogP contribution in [-0.2, 0) is 4.74 Å². The molecule has 0 spiro atoms. The minimum Gasteiger partial charge on any atom is -0.381 e. The van der Waals surface area contributed by atoms with Crippen LogP contribution >= 0.6 is 0 Å². The van der Waals surface area contributed by atoms with Gasteiger partial charge in [-0.1, -0.05) is 36.4 Å². The summed E-state index contributed by atoms with van der Waals surface area (Å²) in [4.78, 5) is 20.9. The molecule has 4 aromatic rings. The largest absolute Gasteiger partial charge is 0.381 e. The molecule has 5 nitrogen and oxygen atoms in total. The van der Waals surface area contributed by atoms with E-state index in [0.717, 1.165) is 65.4 Å². The number of anilines is 1. The standard InChI is InChI=1S/C27H27N3O2/c1-32-20-12-14-29(15-13-20)24-8-4-6-19-11-16-30(27(31)26(19)24)25-17-21(25)23-10-9-18-5-2-3-7-22(18)28-23/h2-11,16,20-21,25H,12-15,17H2,1H3/t21-,25-/m1/s1. The molecule has 0 amide bonds. The molecule has 2 fully saturated rings. The molecule has 2 aromatic heterocycles. The van der Waals surface area contributed by atoms with Gasteiger partial charge in [0.25, 0.3) is 5.56 Å². The summed E-state index contributed by atoms with van der Waals surface area (Å²) in [5.41, 5.74) is 3.26. The summed E-state index contributed by atoms with van der Waals surface area (Å²) in [5, 5.41) is 3.00. The average molecular weight is 426 g/mol. The van der Waals surface area contributed by atoms with Gasteiger partial charge in [-0.05, 0) is 48.9 Å². The molecule has 1 saturated carbocycles. The fraction of sp³-hybridized carbons (Fsp3) is 0.333. The quantitative estimate of drug-likeness (QED) is 0.467. The highest BCUT2D eigenvalue weighted by molar-refractivity contribution is 5.93. The number of hydrogen-bond donors (Lipinski definition) is 0. The van der Waals surface area contributed by atoms with Crippen molar-refractivity contribution in [2.45, 2.75) is 37.3 Å². The highest BCUT2D eigenvalue weighted by Crippen LogP contribution is 2.50. The van der Waals surface area contributed by atoms with Gasteiger partial charge >= 0.3 is 0 Å². The zero-order chi connectivity index (χ0) is 21.7. The number of aromatic nitrogens is 2. The molecule has 32 heavy (non-hydrogen) atoms. The van der Waals surface area contributed by atoms with Crippen LogP contribution in [-0.4, -0.2) is 35.9 Å². The Bertz CT molecular complexity index is 1350. The van der Waals surface area contributed by atoms with Crippen LogP contribution in [0, 0.1) is 0 Å². The molecule has 6 rings (SSSR count). The molecular weight excluding hydrogens is 398 g/mol. The lowest BCUT2D eigenvalue weighted by Crippen LogP contribution is -2.37. The van der Waals surface area contributed by atoms with Gasteiger partial charge in [-0.15, -0.1) is 0 Å². The van der Waals surface area contributed by atoms with E-state index in [0.29, 0.717) is 12.0 Å². The van der Waals surface area contributed by atoms with Crippen molar-refractivity contribution in [3.63, 3.8) is 0 Å². The Morgan fingerprint density at radius 3 is 2.59 bits per heavy atom. The van der Waals surface area contributed by atoms with E-state index in [1.807, 2.05) is 29.0 Å². The van der Waals surface area contributed by atoms with Crippen molar-refractivity contribution in [2.75, 3.05) is 25.1 Å². The van der Waals surface area contributed by atoms with Gasteiger partial charge in [0, 0.05) is 49.4 Å². The number of rotatable bonds is 4. The maximum absolute atomic E-state index is 13.7. The number of nitrogens with zero attached hydrogens (tertiary/aromatic N) is 3. The van der Waals surface area contributed by atoms with Crippen LogP contribution in [0.4, 0.5) is 5.69 Å². The maximum Gasteiger partial charge on any atom is 0.260 e. The van der Waals surface area contributed by atoms with Crippen molar-refractivity contribution in [1.82, 2.24) is 9.55 Å². The number of ether oxygens (including phenoxy) is 1. The smallest absolute Gasteiger partial charge is 0.260 e. The van der Waals surface area contributed by atoms with Crippen molar-refractivity contribution >= 4 is 27.4 Å². The summed E-state index contributed by atoms with van der Waals surface area (Å²) in [6, 6.07) is 20.9. The number of pyridine rings is 2. The summed E-state index contributed by atoms with van der Waals surface area (Å²) in [6.45, 7) is 1.83. The van der Waals surface area contributed by atoms with E-state index in [9.17, 15) is 4.79 Å². The van der Waals surface area contributed by atoms with Crippen molar-refractivity contribution in [1.29, 1.82) is 0 Å². The monoisotopic (exact) mass is 425 g/mol. The van der Waals surface area contributed by atoms with E-state index < -0.39 is 0 Å². The van der Waals surface area contributed by atoms with Crippen LogP contribution in [0.1, 0.15) is 36.9 Å². The molecule has 2 aromatic carbocycles. The van der Waals surface area contributed by atoms with E-state index in [2.05, 4.69) is 47.4 Å². The molecule has 1 aliphatic heterocycles. The zero-order valence-corrected chi connectivity index (χ0v) is 18.3. The van der Waals surface area contributed by atoms with E-state index in [1.54, 1.807) is 7.11 Å². The number of fused-ring (bicyclic) bond motifs is 2. The van der Waals surface area contributed by atoms with Gasteiger partial charge in [0.05, 0.1) is 22.7 Å². The molecule has 3 heterocycles. The van der Waals surface area contributed by atoms with Gasteiger partial charge in [-0.2, -0.15) is 0 Å². The molecule has 0 N–H and O–H groups in total. The molecule has 1 aliphatic carbocycles. The Morgan fingerprint density at radius 1 is 0.938 bits per heavy atom. The lowest BCUT2D eigenvalue weighted by Gasteiger charge is -2.33. The SMILES string of the molecule is COC1CCN(c2cccc3ccn([C@@H]4C[C@@H]4c4ccc5ccccc5n4)c(=O)c23)CC1. The van der Waals surface area contributed by atoms with Gasteiger partial charge in [0.1, 0.15) is 0 Å². The van der Waals surface area contributed by atoms with Crippen LogP contribution in [0.3, 0.4) is 0 Å². The third kappa shape index (κ3) is 3.28. The second-order valence-electron chi connectivity index (χ2n) is 9.03. The van der Waals surface area contributed by atoms with Crippen LogP contribution in [0.5, 0.6) is 0 Å². The Morgan fingerprint density at radius 2 is 1.75 bits per heavy atom. The summed E-state index contributed by atoms with van der Waals surface area (Å²) in [5.74, 6) is 0.291.